The van der Waals surface area contributed by atoms with Gasteiger partial charge in [-0.05, 0) is 36.8 Å². The first kappa shape index (κ1) is 22.8. The lowest BCUT2D eigenvalue weighted by molar-refractivity contribution is 0.142. The van der Waals surface area contributed by atoms with Gasteiger partial charge in [0.25, 0.3) is 0 Å². The highest BCUT2D eigenvalue weighted by Crippen LogP contribution is 2.39. The Hall–Kier alpha value is -3.40. The number of pyridine rings is 2. The number of nitrogen functional groups attached to an aromatic ring is 1. The van der Waals surface area contributed by atoms with Crippen LogP contribution in [0.15, 0.2) is 24.5 Å². The van der Waals surface area contributed by atoms with Crippen LogP contribution in [-0.4, -0.2) is 41.4 Å². The maximum Gasteiger partial charge on any atom is 0.414 e. The van der Waals surface area contributed by atoms with E-state index >= 15 is 4.39 Å². The van der Waals surface area contributed by atoms with Crippen LogP contribution in [0.2, 0.25) is 0 Å². The Labute approximate surface area is 194 Å². The second-order valence-corrected chi connectivity index (χ2v) is 7.95. The Morgan fingerprint density at radius 3 is 2.82 bits per heavy atom. The zero-order valence-corrected chi connectivity index (χ0v) is 18.5. The van der Waals surface area contributed by atoms with E-state index in [9.17, 15) is 9.18 Å². The highest BCUT2D eigenvalue weighted by molar-refractivity contribution is 5.98. The number of hydrogen-bond donors (Lipinski definition) is 3. The number of nitrogens with one attached hydrogen (secondary N) is 2. The normalized spacial score (nSPS) is 18.8. The Bertz CT molecular complexity index is 1240. The van der Waals surface area contributed by atoms with E-state index in [1.807, 2.05) is 6.92 Å². The number of halogens is 3. The molecule has 2 aliphatic rings. The third-order valence-corrected chi connectivity index (χ3v) is 5.81. The van der Waals surface area contributed by atoms with Crippen molar-refractivity contribution in [2.24, 2.45) is 0 Å². The number of carbonyl (C=O) groups is 1. The highest BCUT2D eigenvalue weighted by Gasteiger charge is 2.30. The molecule has 0 atom stereocenters. The molecule has 1 saturated carbocycles. The van der Waals surface area contributed by atoms with E-state index in [1.165, 1.54) is 12.3 Å². The van der Waals surface area contributed by atoms with E-state index in [-0.39, 0.29) is 48.4 Å². The molecule has 5 rings (SSSR count). The van der Waals surface area contributed by atoms with Crippen LogP contribution in [0, 0.1) is 12.7 Å². The van der Waals surface area contributed by atoms with Gasteiger partial charge in [0.05, 0.1) is 5.69 Å². The van der Waals surface area contributed by atoms with Gasteiger partial charge in [0.15, 0.2) is 5.82 Å². The number of hydrogen-bond acceptors (Lipinski definition) is 7. The summed E-state index contributed by atoms with van der Waals surface area (Å²) in [6.07, 6.45) is 1.84. The minimum Gasteiger partial charge on any atom is -0.474 e. The standard InChI is InChI=1S/C22H21F2N5O3.ClH/c1-10-15(8-28-21-20(10)26-2-3-31-21)14-4-11-5-17(27-9-16(11)19(25)18(14)24)32-22(30)29-13-6-12(23)7-13;/h4-5,8-9,12-13,26H,2-3,6-7,25H2,1H3,(H,29,30);1H. The summed E-state index contributed by atoms with van der Waals surface area (Å²) < 4.78 is 38.9. The first-order valence-corrected chi connectivity index (χ1v) is 10.3. The molecule has 0 spiro atoms. The zero-order chi connectivity index (χ0) is 22.4. The summed E-state index contributed by atoms with van der Waals surface area (Å²) in [6.45, 7) is 2.99. The van der Waals surface area contributed by atoms with Gasteiger partial charge in [-0.25, -0.2) is 23.5 Å². The van der Waals surface area contributed by atoms with Gasteiger partial charge < -0.3 is 25.8 Å². The maximum absolute atomic E-state index is 15.2. The van der Waals surface area contributed by atoms with Crippen LogP contribution < -0.4 is 25.8 Å². The zero-order valence-electron chi connectivity index (χ0n) is 17.7. The van der Waals surface area contributed by atoms with Gasteiger partial charge >= 0.3 is 6.09 Å². The molecule has 2 aromatic heterocycles. The molecule has 11 heteroatoms. The average molecular weight is 478 g/mol. The molecule has 8 nitrogen and oxygen atoms in total. The molecule has 1 fully saturated rings. The van der Waals surface area contributed by atoms with E-state index in [1.54, 1.807) is 12.3 Å². The molecule has 3 aromatic rings. The summed E-state index contributed by atoms with van der Waals surface area (Å²) in [7, 11) is 0. The van der Waals surface area contributed by atoms with Crippen molar-refractivity contribution >= 4 is 40.6 Å². The van der Waals surface area contributed by atoms with E-state index in [4.69, 9.17) is 15.2 Å². The molecular formula is C22H22ClF2N5O3. The molecule has 4 N–H and O–H groups in total. The Morgan fingerprint density at radius 1 is 1.27 bits per heavy atom. The Kier molecular flexibility index (Phi) is 6.11. The first-order valence-electron chi connectivity index (χ1n) is 10.3. The summed E-state index contributed by atoms with van der Waals surface area (Å²) in [5.41, 5.74) is 8.33. The minimum absolute atomic E-state index is 0. The lowest BCUT2D eigenvalue weighted by atomic mass is 9.91. The highest BCUT2D eigenvalue weighted by atomic mass is 35.5. The smallest absolute Gasteiger partial charge is 0.414 e. The number of fused-ring (bicyclic) bond motifs is 2. The third kappa shape index (κ3) is 4.18. The van der Waals surface area contributed by atoms with Gasteiger partial charge in [-0.3, -0.25) is 0 Å². The summed E-state index contributed by atoms with van der Waals surface area (Å²) in [5, 5.41) is 6.75. The Morgan fingerprint density at radius 2 is 2.06 bits per heavy atom. The van der Waals surface area contributed by atoms with E-state index < -0.39 is 18.1 Å². The van der Waals surface area contributed by atoms with Crippen molar-refractivity contribution in [3.8, 4) is 22.9 Å². The van der Waals surface area contributed by atoms with Crippen LogP contribution in [-0.2, 0) is 0 Å². The second kappa shape index (κ2) is 8.86. The van der Waals surface area contributed by atoms with Gasteiger partial charge in [0.1, 0.15) is 18.5 Å². The minimum atomic E-state index is -0.890. The van der Waals surface area contributed by atoms with Crippen LogP contribution in [0.1, 0.15) is 18.4 Å². The van der Waals surface area contributed by atoms with Crippen molar-refractivity contribution in [3.05, 3.63) is 35.9 Å². The van der Waals surface area contributed by atoms with Gasteiger partial charge in [-0.1, -0.05) is 0 Å². The molecule has 1 amide bonds. The third-order valence-electron chi connectivity index (χ3n) is 5.81. The SMILES string of the molecule is Cc1c(-c2cc3cc(OC(=O)NC4CC(F)C4)ncc3c(N)c2F)cnc2c1NCCO2.Cl. The summed E-state index contributed by atoms with van der Waals surface area (Å²) in [4.78, 5) is 20.4. The summed E-state index contributed by atoms with van der Waals surface area (Å²) >= 11 is 0. The molecule has 33 heavy (non-hydrogen) atoms. The molecule has 1 aliphatic carbocycles. The van der Waals surface area contributed by atoms with Crippen molar-refractivity contribution < 1.29 is 23.0 Å². The van der Waals surface area contributed by atoms with Crippen molar-refractivity contribution in [3.63, 3.8) is 0 Å². The fraction of sp³-hybridized carbons (Fsp3) is 0.318. The number of nitrogens with zero attached hydrogens (tertiary/aromatic N) is 2. The fourth-order valence-corrected chi connectivity index (χ4v) is 3.98. The number of alkyl halides is 1. The van der Waals surface area contributed by atoms with Crippen molar-refractivity contribution in [1.82, 2.24) is 15.3 Å². The van der Waals surface area contributed by atoms with Crippen LogP contribution >= 0.6 is 12.4 Å². The van der Waals surface area contributed by atoms with Crippen LogP contribution in [0.4, 0.5) is 25.0 Å². The van der Waals surface area contributed by atoms with E-state index in [0.717, 1.165) is 5.56 Å². The molecular weight excluding hydrogens is 456 g/mol. The monoisotopic (exact) mass is 477 g/mol. The fourth-order valence-electron chi connectivity index (χ4n) is 3.98. The van der Waals surface area contributed by atoms with E-state index in [0.29, 0.717) is 41.1 Å². The maximum atomic E-state index is 15.2. The number of carbonyl (C=O) groups excluding carboxylic acids is 1. The number of anilines is 2. The van der Waals surface area contributed by atoms with Crippen molar-refractivity contribution in [2.75, 3.05) is 24.2 Å². The first-order chi connectivity index (χ1) is 15.4. The van der Waals surface area contributed by atoms with Gasteiger partial charge in [0, 0.05) is 47.6 Å². The average Bonchev–Trinajstić information content (AvgIpc) is 2.76. The molecule has 0 radical (unpaired) electrons. The summed E-state index contributed by atoms with van der Waals surface area (Å²) in [5.74, 6) is -0.0837. The lowest BCUT2D eigenvalue weighted by Gasteiger charge is -2.29. The molecule has 1 aliphatic heterocycles. The second-order valence-electron chi connectivity index (χ2n) is 7.95. The van der Waals surface area contributed by atoms with Crippen molar-refractivity contribution in [2.45, 2.75) is 32.0 Å². The largest absolute Gasteiger partial charge is 0.474 e. The number of aromatic nitrogens is 2. The van der Waals surface area contributed by atoms with Gasteiger partial charge in [0.2, 0.25) is 11.8 Å². The van der Waals surface area contributed by atoms with Crippen LogP contribution in [0.5, 0.6) is 11.8 Å². The summed E-state index contributed by atoms with van der Waals surface area (Å²) in [6, 6.07) is 2.88. The molecule has 1 aromatic carbocycles. The quantitative estimate of drug-likeness (QED) is 0.486. The number of nitrogens with two attached hydrogens (primary N) is 1. The molecule has 0 saturated heterocycles. The molecule has 0 bridgehead atoms. The Balaban J connectivity index is 0.00000259. The molecule has 174 valence electrons. The molecule has 3 heterocycles. The number of amides is 1. The lowest BCUT2D eigenvalue weighted by Crippen LogP contribution is -2.46. The molecule has 0 unspecified atom stereocenters. The van der Waals surface area contributed by atoms with Crippen molar-refractivity contribution in [1.29, 1.82) is 0 Å². The number of benzene rings is 1. The number of rotatable bonds is 3. The van der Waals surface area contributed by atoms with E-state index in [2.05, 4.69) is 20.6 Å². The topological polar surface area (TPSA) is 111 Å². The predicted octanol–water partition coefficient (Wildman–Crippen LogP) is 4.14. The predicted molar refractivity (Wildman–Crippen MR) is 122 cm³/mol. The number of ether oxygens (including phenoxy) is 2. The van der Waals surface area contributed by atoms with Gasteiger partial charge in [-0.15, -0.1) is 12.4 Å². The van der Waals surface area contributed by atoms with Crippen LogP contribution in [0.25, 0.3) is 21.9 Å². The van der Waals surface area contributed by atoms with Gasteiger partial charge in [-0.2, -0.15) is 0 Å². The van der Waals surface area contributed by atoms with Crippen LogP contribution in [0.3, 0.4) is 0 Å².